The molecule has 104 valence electrons. The SMILES string of the molecule is COc1c(C2CCNCC2)cc2c(c1Br)CCCC2. The topological polar surface area (TPSA) is 21.3 Å². The molecule has 1 fully saturated rings. The second-order valence-corrected chi connectivity index (χ2v) is 6.48. The maximum absolute atomic E-state index is 5.73. The van der Waals surface area contributed by atoms with Crippen LogP contribution < -0.4 is 10.1 Å². The van der Waals surface area contributed by atoms with Gasteiger partial charge in [0.05, 0.1) is 11.6 Å². The Morgan fingerprint density at radius 1 is 1.21 bits per heavy atom. The summed E-state index contributed by atoms with van der Waals surface area (Å²) in [4.78, 5) is 0. The predicted octanol–water partition coefficient (Wildman–Crippen LogP) is 3.80. The first kappa shape index (κ1) is 13.4. The summed E-state index contributed by atoms with van der Waals surface area (Å²) in [7, 11) is 1.81. The largest absolute Gasteiger partial charge is 0.495 e. The van der Waals surface area contributed by atoms with Crippen LogP contribution in [0.1, 0.15) is 48.3 Å². The van der Waals surface area contributed by atoms with Gasteiger partial charge in [-0.1, -0.05) is 6.07 Å². The van der Waals surface area contributed by atoms with Crippen molar-refractivity contribution in [2.75, 3.05) is 20.2 Å². The number of nitrogens with one attached hydrogen (secondary N) is 1. The second kappa shape index (κ2) is 5.84. The second-order valence-electron chi connectivity index (χ2n) is 5.68. The van der Waals surface area contributed by atoms with E-state index in [0.717, 1.165) is 18.8 Å². The molecule has 2 aliphatic rings. The van der Waals surface area contributed by atoms with Crippen LogP contribution in [0.4, 0.5) is 0 Å². The summed E-state index contributed by atoms with van der Waals surface area (Å²) in [6, 6.07) is 2.44. The molecule has 0 bridgehead atoms. The first-order chi connectivity index (χ1) is 9.31. The summed E-state index contributed by atoms with van der Waals surface area (Å²) in [6.07, 6.45) is 7.51. The van der Waals surface area contributed by atoms with Crippen molar-refractivity contribution < 1.29 is 4.74 Å². The van der Waals surface area contributed by atoms with Gasteiger partial charge in [0.15, 0.2) is 0 Å². The van der Waals surface area contributed by atoms with Crippen LogP contribution in [-0.2, 0) is 12.8 Å². The molecule has 1 aliphatic heterocycles. The quantitative estimate of drug-likeness (QED) is 0.893. The van der Waals surface area contributed by atoms with Crippen molar-refractivity contribution in [2.45, 2.75) is 44.4 Å². The fourth-order valence-corrected chi connectivity index (χ4v) is 4.34. The van der Waals surface area contributed by atoms with Crippen molar-refractivity contribution in [1.82, 2.24) is 5.32 Å². The third-order valence-corrected chi connectivity index (χ3v) is 5.39. The lowest BCUT2D eigenvalue weighted by atomic mass is 9.84. The molecule has 3 rings (SSSR count). The van der Waals surface area contributed by atoms with E-state index in [0.29, 0.717) is 5.92 Å². The molecule has 1 heterocycles. The van der Waals surface area contributed by atoms with Gasteiger partial charge in [0, 0.05) is 0 Å². The van der Waals surface area contributed by atoms with E-state index in [2.05, 4.69) is 27.3 Å². The van der Waals surface area contributed by atoms with Crippen LogP contribution in [0.3, 0.4) is 0 Å². The monoisotopic (exact) mass is 323 g/mol. The van der Waals surface area contributed by atoms with E-state index >= 15 is 0 Å². The van der Waals surface area contributed by atoms with Gasteiger partial charge in [-0.15, -0.1) is 0 Å². The van der Waals surface area contributed by atoms with Crippen molar-refractivity contribution >= 4 is 15.9 Å². The number of halogens is 1. The number of piperidine rings is 1. The van der Waals surface area contributed by atoms with E-state index in [-0.39, 0.29) is 0 Å². The molecule has 0 unspecified atom stereocenters. The first-order valence-corrected chi connectivity index (χ1v) is 8.19. The molecule has 2 nitrogen and oxygen atoms in total. The van der Waals surface area contributed by atoms with Gasteiger partial charge in [-0.05, 0) is 90.2 Å². The zero-order chi connectivity index (χ0) is 13.2. The van der Waals surface area contributed by atoms with Crippen LogP contribution in [0.15, 0.2) is 10.5 Å². The van der Waals surface area contributed by atoms with Crippen molar-refractivity contribution in [3.8, 4) is 5.75 Å². The van der Waals surface area contributed by atoms with Crippen LogP contribution in [0.5, 0.6) is 5.75 Å². The molecule has 0 radical (unpaired) electrons. The van der Waals surface area contributed by atoms with Gasteiger partial charge in [0.2, 0.25) is 0 Å². The van der Waals surface area contributed by atoms with E-state index < -0.39 is 0 Å². The lowest BCUT2D eigenvalue weighted by molar-refractivity contribution is 0.387. The van der Waals surface area contributed by atoms with E-state index in [1.807, 2.05) is 0 Å². The average Bonchev–Trinajstić information content (AvgIpc) is 2.48. The fourth-order valence-electron chi connectivity index (χ4n) is 3.50. The molecule has 19 heavy (non-hydrogen) atoms. The number of rotatable bonds is 2. The van der Waals surface area contributed by atoms with Crippen molar-refractivity contribution in [3.05, 3.63) is 27.2 Å². The number of methoxy groups -OCH3 is 1. The van der Waals surface area contributed by atoms with Gasteiger partial charge < -0.3 is 10.1 Å². The van der Waals surface area contributed by atoms with Gasteiger partial charge in [-0.25, -0.2) is 0 Å². The highest BCUT2D eigenvalue weighted by molar-refractivity contribution is 9.10. The zero-order valence-corrected chi connectivity index (χ0v) is 13.2. The molecule has 3 heteroatoms. The Labute approximate surface area is 124 Å². The maximum Gasteiger partial charge on any atom is 0.136 e. The molecule has 1 aromatic carbocycles. The Balaban J connectivity index is 2.04. The van der Waals surface area contributed by atoms with Gasteiger partial charge in [-0.3, -0.25) is 0 Å². The Kier molecular flexibility index (Phi) is 4.13. The molecule has 1 saturated heterocycles. The van der Waals surface area contributed by atoms with Crippen LogP contribution >= 0.6 is 15.9 Å². The number of aryl methyl sites for hydroxylation is 1. The van der Waals surface area contributed by atoms with Crippen LogP contribution in [0.25, 0.3) is 0 Å². The third-order valence-electron chi connectivity index (χ3n) is 4.55. The van der Waals surface area contributed by atoms with Crippen LogP contribution in [0.2, 0.25) is 0 Å². The minimum absolute atomic E-state index is 0.653. The molecule has 0 saturated carbocycles. The van der Waals surface area contributed by atoms with Gasteiger partial charge in [0.25, 0.3) is 0 Å². The van der Waals surface area contributed by atoms with Crippen molar-refractivity contribution in [2.24, 2.45) is 0 Å². The Morgan fingerprint density at radius 2 is 1.95 bits per heavy atom. The van der Waals surface area contributed by atoms with E-state index in [1.165, 1.54) is 54.1 Å². The van der Waals surface area contributed by atoms with E-state index in [1.54, 1.807) is 12.7 Å². The molecule has 1 N–H and O–H groups in total. The maximum atomic E-state index is 5.73. The lowest BCUT2D eigenvalue weighted by Gasteiger charge is -2.28. The highest BCUT2D eigenvalue weighted by Crippen LogP contribution is 2.43. The number of benzene rings is 1. The number of hydrogen-bond donors (Lipinski definition) is 1. The van der Waals surface area contributed by atoms with Crippen LogP contribution in [-0.4, -0.2) is 20.2 Å². The van der Waals surface area contributed by atoms with Gasteiger partial charge in [0.1, 0.15) is 5.75 Å². The van der Waals surface area contributed by atoms with Crippen LogP contribution in [0, 0.1) is 0 Å². The molecule has 1 aliphatic carbocycles. The average molecular weight is 324 g/mol. The fraction of sp³-hybridized carbons (Fsp3) is 0.625. The highest BCUT2D eigenvalue weighted by atomic mass is 79.9. The highest BCUT2D eigenvalue weighted by Gasteiger charge is 2.25. The summed E-state index contributed by atoms with van der Waals surface area (Å²) in [5.41, 5.74) is 4.46. The molecule has 0 spiro atoms. The smallest absolute Gasteiger partial charge is 0.136 e. The molecule has 1 aromatic rings. The molecular weight excluding hydrogens is 302 g/mol. The Bertz CT molecular complexity index is 466. The van der Waals surface area contributed by atoms with Gasteiger partial charge >= 0.3 is 0 Å². The number of ether oxygens (including phenoxy) is 1. The lowest BCUT2D eigenvalue weighted by Crippen LogP contribution is -2.27. The molecular formula is C16H22BrNO. The summed E-state index contributed by atoms with van der Waals surface area (Å²) >= 11 is 3.80. The summed E-state index contributed by atoms with van der Waals surface area (Å²) in [5, 5.41) is 3.45. The third kappa shape index (κ3) is 2.55. The normalized spacial score (nSPS) is 20.1. The zero-order valence-electron chi connectivity index (χ0n) is 11.6. The minimum atomic E-state index is 0.653. The first-order valence-electron chi connectivity index (χ1n) is 7.40. The van der Waals surface area contributed by atoms with E-state index in [4.69, 9.17) is 4.74 Å². The van der Waals surface area contributed by atoms with Gasteiger partial charge in [-0.2, -0.15) is 0 Å². The minimum Gasteiger partial charge on any atom is -0.495 e. The van der Waals surface area contributed by atoms with Crippen molar-refractivity contribution in [3.63, 3.8) is 0 Å². The summed E-state index contributed by atoms with van der Waals surface area (Å²) < 4.78 is 6.95. The Morgan fingerprint density at radius 3 is 2.68 bits per heavy atom. The molecule has 0 aromatic heterocycles. The van der Waals surface area contributed by atoms with E-state index in [9.17, 15) is 0 Å². The summed E-state index contributed by atoms with van der Waals surface area (Å²) in [6.45, 7) is 2.26. The number of fused-ring (bicyclic) bond motifs is 1. The predicted molar refractivity (Wildman–Crippen MR) is 82.2 cm³/mol. The molecule has 0 amide bonds. The number of hydrogen-bond acceptors (Lipinski definition) is 2. The van der Waals surface area contributed by atoms with Crippen molar-refractivity contribution in [1.29, 1.82) is 0 Å². The summed E-state index contributed by atoms with van der Waals surface area (Å²) in [5.74, 6) is 1.74. The standard InChI is InChI=1S/C16H22BrNO/c1-19-16-14(11-6-8-18-9-7-11)10-12-4-2-3-5-13(12)15(16)17/h10-11,18H,2-9H2,1H3. The molecule has 0 atom stereocenters. The Hall–Kier alpha value is -0.540.